The predicted molar refractivity (Wildman–Crippen MR) is 79.4 cm³/mol. The molecular weight excluding hydrogens is 240 g/mol. The summed E-state index contributed by atoms with van der Waals surface area (Å²) in [5, 5.41) is 13.5. The molecular formula is C15H32N2O2. The fourth-order valence-electron chi connectivity index (χ4n) is 3.01. The lowest BCUT2D eigenvalue weighted by Gasteiger charge is -2.41. The first-order valence-corrected chi connectivity index (χ1v) is 7.56. The van der Waals surface area contributed by atoms with Crippen molar-refractivity contribution in [1.29, 1.82) is 0 Å². The van der Waals surface area contributed by atoms with Gasteiger partial charge < -0.3 is 20.1 Å². The second kappa shape index (κ2) is 7.58. The molecule has 4 heteroatoms. The van der Waals surface area contributed by atoms with Crippen LogP contribution in [0.2, 0.25) is 0 Å². The fourth-order valence-corrected chi connectivity index (χ4v) is 3.01. The monoisotopic (exact) mass is 272 g/mol. The van der Waals surface area contributed by atoms with Crippen LogP contribution in [0.3, 0.4) is 0 Å². The Labute approximate surface area is 118 Å². The maximum Gasteiger partial charge on any atom is 0.0718 e. The van der Waals surface area contributed by atoms with Crippen molar-refractivity contribution in [2.75, 3.05) is 46.4 Å². The zero-order chi connectivity index (χ0) is 14.4. The molecule has 1 fully saturated rings. The van der Waals surface area contributed by atoms with Crippen LogP contribution in [0.15, 0.2) is 0 Å². The van der Waals surface area contributed by atoms with E-state index in [1.165, 1.54) is 6.42 Å². The number of ether oxygens (including phenoxy) is 1. The first kappa shape index (κ1) is 16.9. The Morgan fingerprint density at radius 2 is 1.95 bits per heavy atom. The minimum absolute atomic E-state index is 0.299. The van der Waals surface area contributed by atoms with Gasteiger partial charge in [0.2, 0.25) is 0 Å². The van der Waals surface area contributed by atoms with Crippen molar-refractivity contribution in [1.82, 2.24) is 10.2 Å². The Balaban J connectivity index is 2.53. The zero-order valence-electron chi connectivity index (χ0n) is 13.2. The fraction of sp³-hybridized carbons (Fsp3) is 1.00. The molecule has 19 heavy (non-hydrogen) atoms. The molecule has 0 aromatic rings. The molecule has 0 aromatic heterocycles. The number of hydrogen-bond acceptors (Lipinski definition) is 4. The van der Waals surface area contributed by atoms with E-state index in [9.17, 15) is 5.11 Å². The Kier molecular flexibility index (Phi) is 6.74. The van der Waals surface area contributed by atoms with Crippen molar-refractivity contribution in [2.45, 2.75) is 45.6 Å². The van der Waals surface area contributed by atoms with Gasteiger partial charge in [0.05, 0.1) is 5.60 Å². The molecule has 1 rings (SSSR count). The summed E-state index contributed by atoms with van der Waals surface area (Å²) in [5.74, 6) is 0. The number of nitrogens with zero attached hydrogens (tertiary/aromatic N) is 1. The maximum atomic E-state index is 9.93. The van der Waals surface area contributed by atoms with Crippen molar-refractivity contribution < 1.29 is 9.84 Å². The molecule has 0 spiro atoms. The molecule has 0 atom stereocenters. The summed E-state index contributed by atoms with van der Waals surface area (Å²) in [6.07, 6.45) is 3.39. The van der Waals surface area contributed by atoms with Crippen LogP contribution in [0.4, 0.5) is 0 Å². The van der Waals surface area contributed by atoms with Crippen molar-refractivity contribution in [3.63, 3.8) is 0 Å². The lowest BCUT2D eigenvalue weighted by atomic mass is 9.79. The molecule has 1 saturated heterocycles. The van der Waals surface area contributed by atoms with Gasteiger partial charge in [-0.3, -0.25) is 0 Å². The maximum absolute atomic E-state index is 9.93. The van der Waals surface area contributed by atoms with Gasteiger partial charge in [0, 0.05) is 32.8 Å². The van der Waals surface area contributed by atoms with Gasteiger partial charge in [-0.15, -0.1) is 0 Å². The van der Waals surface area contributed by atoms with E-state index < -0.39 is 5.60 Å². The third-order valence-electron chi connectivity index (χ3n) is 3.74. The summed E-state index contributed by atoms with van der Waals surface area (Å²) in [4.78, 5) is 2.26. The van der Waals surface area contributed by atoms with Crippen LogP contribution in [0.25, 0.3) is 0 Å². The largest absolute Gasteiger partial charge is 0.389 e. The Bertz CT molecular complexity index is 245. The molecule has 4 nitrogen and oxygen atoms in total. The van der Waals surface area contributed by atoms with E-state index >= 15 is 0 Å². The third-order valence-corrected chi connectivity index (χ3v) is 3.74. The molecule has 0 unspecified atom stereocenters. The van der Waals surface area contributed by atoms with Crippen LogP contribution in [-0.4, -0.2) is 62.0 Å². The number of aliphatic hydroxyl groups is 1. The van der Waals surface area contributed by atoms with Crippen LogP contribution in [0.1, 0.15) is 40.0 Å². The highest BCUT2D eigenvalue weighted by molar-refractivity contribution is 4.87. The SMILES string of the molecule is CCCNCC1(CN(C)CC(C)(C)O)CCOCC1. The number of rotatable bonds is 8. The first-order valence-electron chi connectivity index (χ1n) is 7.56. The smallest absolute Gasteiger partial charge is 0.0718 e. The topological polar surface area (TPSA) is 44.7 Å². The van der Waals surface area contributed by atoms with Crippen LogP contribution in [-0.2, 0) is 4.74 Å². The predicted octanol–water partition coefficient (Wildman–Crippen LogP) is 1.49. The summed E-state index contributed by atoms with van der Waals surface area (Å²) >= 11 is 0. The quantitative estimate of drug-likeness (QED) is 0.657. The second-order valence-electron chi connectivity index (χ2n) is 6.77. The Hall–Kier alpha value is -0.160. The van der Waals surface area contributed by atoms with E-state index in [0.29, 0.717) is 12.0 Å². The summed E-state index contributed by atoms with van der Waals surface area (Å²) in [6, 6.07) is 0. The summed E-state index contributed by atoms with van der Waals surface area (Å²) < 4.78 is 5.52. The molecule has 0 radical (unpaired) electrons. The number of nitrogens with one attached hydrogen (secondary N) is 1. The summed E-state index contributed by atoms with van der Waals surface area (Å²) in [6.45, 7) is 11.5. The first-order chi connectivity index (χ1) is 8.87. The van der Waals surface area contributed by atoms with Gasteiger partial charge in [0.25, 0.3) is 0 Å². The number of hydrogen-bond donors (Lipinski definition) is 2. The molecule has 0 bridgehead atoms. The van der Waals surface area contributed by atoms with Gasteiger partial charge in [-0.25, -0.2) is 0 Å². The molecule has 1 aliphatic rings. The lowest BCUT2D eigenvalue weighted by molar-refractivity contribution is -0.0171. The van der Waals surface area contributed by atoms with Crippen LogP contribution in [0.5, 0.6) is 0 Å². The van der Waals surface area contributed by atoms with E-state index in [1.54, 1.807) is 0 Å². The normalized spacial score (nSPS) is 19.9. The van der Waals surface area contributed by atoms with Crippen LogP contribution < -0.4 is 5.32 Å². The minimum Gasteiger partial charge on any atom is -0.389 e. The van der Waals surface area contributed by atoms with Crippen molar-refractivity contribution >= 4 is 0 Å². The Morgan fingerprint density at radius 1 is 1.32 bits per heavy atom. The van der Waals surface area contributed by atoms with Gasteiger partial charge in [-0.1, -0.05) is 6.92 Å². The van der Waals surface area contributed by atoms with Crippen LogP contribution >= 0.6 is 0 Å². The second-order valence-corrected chi connectivity index (χ2v) is 6.77. The molecule has 0 amide bonds. The number of likely N-dealkylation sites (N-methyl/N-ethyl adjacent to an activating group) is 1. The lowest BCUT2D eigenvalue weighted by Crippen LogP contribution is -2.49. The van der Waals surface area contributed by atoms with Gasteiger partial charge in [-0.05, 0) is 52.1 Å². The Morgan fingerprint density at radius 3 is 2.47 bits per heavy atom. The molecule has 0 aromatic carbocycles. The van der Waals surface area contributed by atoms with Crippen molar-refractivity contribution in [3.05, 3.63) is 0 Å². The van der Waals surface area contributed by atoms with E-state index in [0.717, 1.165) is 45.7 Å². The average molecular weight is 272 g/mol. The molecule has 114 valence electrons. The highest BCUT2D eigenvalue weighted by atomic mass is 16.5. The van der Waals surface area contributed by atoms with Gasteiger partial charge in [0.15, 0.2) is 0 Å². The molecule has 1 heterocycles. The molecule has 2 N–H and O–H groups in total. The molecule has 0 saturated carbocycles. The van der Waals surface area contributed by atoms with Gasteiger partial charge in [-0.2, -0.15) is 0 Å². The van der Waals surface area contributed by atoms with E-state index in [4.69, 9.17) is 4.74 Å². The summed E-state index contributed by atoms with van der Waals surface area (Å²) in [7, 11) is 2.11. The average Bonchev–Trinajstić information content (AvgIpc) is 2.27. The summed E-state index contributed by atoms with van der Waals surface area (Å²) in [5.41, 5.74) is -0.328. The van der Waals surface area contributed by atoms with E-state index in [2.05, 4.69) is 24.2 Å². The highest BCUT2D eigenvalue weighted by Gasteiger charge is 2.34. The van der Waals surface area contributed by atoms with Crippen molar-refractivity contribution in [3.8, 4) is 0 Å². The van der Waals surface area contributed by atoms with Crippen molar-refractivity contribution in [2.24, 2.45) is 5.41 Å². The van der Waals surface area contributed by atoms with E-state index in [-0.39, 0.29) is 0 Å². The van der Waals surface area contributed by atoms with E-state index in [1.807, 2.05) is 13.8 Å². The molecule has 1 aliphatic heterocycles. The van der Waals surface area contributed by atoms with Crippen LogP contribution in [0, 0.1) is 5.41 Å². The van der Waals surface area contributed by atoms with Gasteiger partial charge >= 0.3 is 0 Å². The van der Waals surface area contributed by atoms with Gasteiger partial charge in [0.1, 0.15) is 0 Å². The molecule has 0 aliphatic carbocycles. The minimum atomic E-state index is -0.627. The third kappa shape index (κ3) is 6.70. The standard InChI is InChI=1S/C15H32N2O2/c1-5-8-16-11-15(6-9-19-10-7-15)13-17(4)12-14(2,3)18/h16,18H,5-13H2,1-4H3. The zero-order valence-corrected chi connectivity index (χ0v) is 13.2. The highest BCUT2D eigenvalue weighted by Crippen LogP contribution is 2.31.